The standard InChI is InChI=1S/C15H16N4O2S/c1-3-11(13-16-6-8(2)18-13)19-15(21)10-7-17-14(20)9-4-5-22-12(9)10/h4-7,11H,3H2,1-2H3,(H,16,18)(H,17,20)(H,19,21). The van der Waals surface area contributed by atoms with Crippen LogP contribution in [0.1, 0.15) is 41.3 Å². The summed E-state index contributed by atoms with van der Waals surface area (Å²) in [6.45, 7) is 3.90. The van der Waals surface area contributed by atoms with Gasteiger partial charge in [0.05, 0.1) is 21.7 Å². The first-order valence-corrected chi connectivity index (χ1v) is 7.89. The molecule has 0 saturated carbocycles. The molecule has 114 valence electrons. The molecule has 1 unspecified atom stereocenters. The molecular weight excluding hydrogens is 300 g/mol. The second kappa shape index (κ2) is 5.76. The molecule has 3 rings (SSSR count). The Hall–Kier alpha value is -2.41. The Bertz CT molecular complexity index is 877. The molecule has 3 heterocycles. The second-order valence-corrected chi connectivity index (χ2v) is 6.00. The first-order chi connectivity index (χ1) is 10.6. The van der Waals surface area contributed by atoms with Crippen LogP contribution in [0.3, 0.4) is 0 Å². The van der Waals surface area contributed by atoms with Crippen LogP contribution >= 0.6 is 11.3 Å². The zero-order valence-electron chi connectivity index (χ0n) is 12.3. The molecular formula is C15H16N4O2S. The van der Waals surface area contributed by atoms with E-state index in [-0.39, 0.29) is 17.5 Å². The lowest BCUT2D eigenvalue weighted by Crippen LogP contribution is -2.29. The molecule has 0 saturated heterocycles. The third kappa shape index (κ3) is 2.55. The molecule has 0 fully saturated rings. The SMILES string of the molecule is CCC(NC(=O)c1c[nH]c(=O)c2ccsc12)c1ncc(C)[nH]1. The summed E-state index contributed by atoms with van der Waals surface area (Å²) in [4.78, 5) is 34.3. The van der Waals surface area contributed by atoms with E-state index in [0.717, 1.165) is 17.9 Å². The number of imidazole rings is 1. The number of nitrogens with zero attached hydrogens (tertiary/aromatic N) is 1. The van der Waals surface area contributed by atoms with E-state index in [0.29, 0.717) is 15.6 Å². The Morgan fingerprint density at radius 2 is 2.32 bits per heavy atom. The van der Waals surface area contributed by atoms with E-state index in [1.165, 1.54) is 17.5 Å². The number of carbonyl (C=O) groups excluding carboxylic acids is 1. The zero-order chi connectivity index (χ0) is 15.7. The van der Waals surface area contributed by atoms with Crippen LogP contribution in [-0.2, 0) is 0 Å². The number of hydrogen-bond acceptors (Lipinski definition) is 4. The maximum atomic E-state index is 12.5. The van der Waals surface area contributed by atoms with Gasteiger partial charge in [-0.05, 0) is 24.8 Å². The van der Waals surface area contributed by atoms with Crippen molar-refractivity contribution in [3.63, 3.8) is 0 Å². The largest absolute Gasteiger partial charge is 0.344 e. The molecule has 0 radical (unpaired) electrons. The summed E-state index contributed by atoms with van der Waals surface area (Å²) in [5.41, 5.74) is 1.25. The molecule has 7 heteroatoms. The van der Waals surface area contributed by atoms with Crippen molar-refractivity contribution >= 4 is 27.3 Å². The van der Waals surface area contributed by atoms with Gasteiger partial charge in [-0.25, -0.2) is 4.98 Å². The van der Waals surface area contributed by atoms with Gasteiger partial charge in [-0.2, -0.15) is 0 Å². The minimum atomic E-state index is -0.218. The maximum Gasteiger partial charge on any atom is 0.256 e. The van der Waals surface area contributed by atoms with Crippen molar-refractivity contribution in [1.29, 1.82) is 0 Å². The average Bonchev–Trinajstić information content (AvgIpc) is 3.14. The number of hydrogen-bond donors (Lipinski definition) is 3. The van der Waals surface area contributed by atoms with Crippen molar-refractivity contribution in [1.82, 2.24) is 20.3 Å². The first kappa shape index (κ1) is 14.5. The first-order valence-electron chi connectivity index (χ1n) is 7.01. The van der Waals surface area contributed by atoms with Gasteiger partial charge in [0.1, 0.15) is 5.82 Å². The molecule has 6 nitrogen and oxygen atoms in total. The van der Waals surface area contributed by atoms with Crippen molar-refractivity contribution in [2.45, 2.75) is 26.3 Å². The molecule has 0 aliphatic rings. The molecule has 3 aromatic rings. The number of pyridine rings is 1. The second-order valence-electron chi connectivity index (χ2n) is 5.08. The summed E-state index contributed by atoms with van der Waals surface area (Å²) in [7, 11) is 0. The number of fused-ring (bicyclic) bond motifs is 1. The number of rotatable bonds is 4. The molecule has 3 N–H and O–H groups in total. The molecule has 0 aliphatic carbocycles. The topological polar surface area (TPSA) is 90.6 Å². The Kier molecular flexibility index (Phi) is 3.81. The minimum absolute atomic E-state index is 0.179. The van der Waals surface area contributed by atoms with E-state index in [2.05, 4.69) is 20.3 Å². The summed E-state index contributed by atoms with van der Waals surface area (Å²) < 4.78 is 0.701. The summed E-state index contributed by atoms with van der Waals surface area (Å²) in [5, 5.41) is 5.32. The molecule has 22 heavy (non-hydrogen) atoms. The van der Waals surface area contributed by atoms with Crippen molar-refractivity contribution in [2.75, 3.05) is 0 Å². The molecule has 3 aromatic heterocycles. The lowest BCUT2D eigenvalue weighted by Gasteiger charge is -2.15. The van der Waals surface area contributed by atoms with Gasteiger partial charge >= 0.3 is 0 Å². The van der Waals surface area contributed by atoms with Gasteiger partial charge in [-0.15, -0.1) is 11.3 Å². The van der Waals surface area contributed by atoms with E-state index < -0.39 is 0 Å². The fourth-order valence-corrected chi connectivity index (χ4v) is 3.26. The average molecular weight is 316 g/mol. The highest BCUT2D eigenvalue weighted by atomic mass is 32.1. The third-order valence-corrected chi connectivity index (χ3v) is 4.46. The van der Waals surface area contributed by atoms with Gasteiger partial charge in [0.2, 0.25) is 0 Å². The fraction of sp³-hybridized carbons (Fsp3) is 0.267. The molecule has 0 aliphatic heterocycles. The predicted octanol–water partition coefficient (Wildman–Crippen LogP) is 2.50. The highest BCUT2D eigenvalue weighted by molar-refractivity contribution is 7.17. The lowest BCUT2D eigenvalue weighted by molar-refractivity contribution is 0.0935. The van der Waals surface area contributed by atoms with Gasteiger partial charge in [-0.3, -0.25) is 9.59 Å². The number of nitrogens with one attached hydrogen (secondary N) is 3. The quantitative estimate of drug-likeness (QED) is 0.690. The molecule has 0 spiro atoms. The minimum Gasteiger partial charge on any atom is -0.344 e. The van der Waals surface area contributed by atoms with Gasteiger partial charge < -0.3 is 15.3 Å². The monoisotopic (exact) mass is 316 g/mol. The van der Waals surface area contributed by atoms with Crippen LogP contribution in [0, 0.1) is 6.92 Å². The van der Waals surface area contributed by atoms with Crippen LogP contribution in [0.4, 0.5) is 0 Å². The normalized spacial score (nSPS) is 12.5. The molecule has 1 amide bonds. The van der Waals surface area contributed by atoms with Crippen LogP contribution in [0.5, 0.6) is 0 Å². The van der Waals surface area contributed by atoms with Crippen molar-refractivity contribution < 1.29 is 4.79 Å². The van der Waals surface area contributed by atoms with Crippen LogP contribution in [0.15, 0.2) is 28.6 Å². The van der Waals surface area contributed by atoms with Crippen LogP contribution in [0.2, 0.25) is 0 Å². The highest BCUT2D eigenvalue weighted by Crippen LogP contribution is 2.22. The smallest absolute Gasteiger partial charge is 0.256 e. The number of H-pyrrole nitrogens is 2. The predicted molar refractivity (Wildman–Crippen MR) is 86.3 cm³/mol. The Balaban J connectivity index is 1.91. The van der Waals surface area contributed by atoms with Gasteiger partial charge in [0.25, 0.3) is 11.5 Å². The van der Waals surface area contributed by atoms with E-state index in [1.54, 1.807) is 12.3 Å². The summed E-state index contributed by atoms with van der Waals surface area (Å²) in [6.07, 6.45) is 3.92. The lowest BCUT2D eigenvalue weighted by atomic mass is 10.1. The number of aryl methyl sites for hydroxylation is 1. The van der Waals surface area contributed by atoms with Gasteiger partial charge in [0, 0.05) is 18.1 Å². The summed E-state index contributed by atoms with van der Waals surface area (Å²) in [5.74, 6) is 0.518. The van der Waals surface area contributed by atoms with Crippen molar-refractivity contribution in [3.8, 4) is 0 Å². The Morgan fingerprint density at radius 3 is 3.00 bits per heavy atom. The molecule has 0 bridgehead atoms. The van der Waals surface area contributed by atoms with Gasteiger partial charge in [-0.1, -0.05) is 6.92 Å². The number of carbonyl (C=O) groups is 1. The van der Waals surface area contributed by atoms with E-state index >= 15 is 0 Å². The van der Waals surface area contributed by atoms with E-state index in [4.69, 9.17) is 0 Å². The van der Waals surface area contributed by atoms with Crippen LogP contribution in [0.25, 0.3) is 10.1 Å². The van der Waals surface area contributed by atoms with Crippen molar-refractivity contribution in [2.24, 2.45) is 0 Å². The molecule has 1 atom stereocenters. The Labute approximate surface area is 130 Å². The highest BCUT2D eigenvalue weighted by Gasteiger charge is 2.19. The number of thiophene rings is 1. The van der Waals surface area contributed by atoms with Crippen LogP contribution < -0.4 is 10.9 Å². The molecule has 0 aromatic carbocycles. The number of amides is 1. The third-order valence-electron chi connectivity index (χ3n) is 3.51. The Morgan fingerprint density at radius 1 is 1.50 bits per heavy atom. The number of aromatic nitrogens is 3. The zero-order valence-corrected chi connectivity index (χ0v) is 13.1. The fourth-order valence-electron chi connectivity index (χ4n) is 2.36. The maximum absolute atomic E-state index is 12.5. The van der Waals surface area contributed by atoms with E-state index in [1.807, 2.05) is 19.2 Å². The number of aromatic amines is 2. The van der Waals surface area contributed by atoms with E-state index in [9.17, 15) is 9.59 Å². The van der Waals surface area contributed by atoms with Gasteiger partial charge in [0.15, 0.2) is 0 Å². The summed E-state index contributed by atoms with van der Waals surface area (Å²) in [6, 6.07) is 1.53. The van der Waals surface area contributed by atoms with Crippen molar-refractivity contribution in [3.05, 3.63) is 51.3 Å². The van der Waals surface area contributed by atoms with Crippen LogP contribution in [-0.4, -0.2) is 20.9 Å². The summed E-state index contributed by atoms with van der Waals surface area (Å²) >= 11 is 1.39.